The third-order valence-corrected chi connectivity index (χ3v) is 1.26. The molecule has 66 valence electrons. The molecule has 0 saturated heterocycles. The van der Waals surface area contributed by atoms with Gasteiger partial charge in [-0.3, -0.25) is 0 Å². The van der Waals surface area contributed by atoms with Crippen LogP contribution in [0.2, 0.25) is 0 Å². The van der Waals surface area contributed by atoms with Crippen molar-refractivity contribution in [2.45, 2.75) is 45.3 Å². The molecule has 0 aromatic heterocycles. The Labute approximate surface area is 88.7 Å². The topological polar surface area (TPSA) is 9.23 Å². The minimum absolute atomic E-state index is 0. The Morgan fingerprint density at radius 1 is 1.50 bits per heavy atom. The van der Waals surface area contributed by atoms with Gasteiger partial charge in [-0.05, 0) is 20.8 Å². The van der Waals surface area contributed by atoms with E-state index in [1.165, 1.54) is 0 Å². The molecule has 2 heteroatoms. The molecule has 1 atom stereocenters. The van der Waals surface area contributed by atoms with Crippen LogP contribution in [0.15, 0.2) is 12.7 Å². The van der Waals surface area contributed by atoms with Gasteiger partial charge in [0.15, 0.2) is 0 Å². The summed E-state index contributed by atoms with van der Waals surface area (Å²) in [4.78, 5) is 0. The summed E-state index contributed by atoms with van der Waals surface area (Å²) in [5.74, 6) is 0. The maximum absolute atomic E-state index is 5.67. The molecule has 0 amide bonds. The third kappa shape index (κ3) is 8.39. The summed E-state index contributed by atoms with van der Waals surface area (Å²) in [6, 6.07) is 0. The Kier molecular flexibility index (Phi) is 8.36. The maximum Gasteiger partial charge on any atom is 1.00 e. The Morgan fingerprint density at radius 3 is 2.25 bits per heavy atom. The number of hydrogen-bond donors (Lipinski definition) is 0. The summed E-state index contributed by atoms with van der Waals surface area (Å²) >= 11 is 0. The van der Waals surface area contributed by atoms with Crippen molar-refractivity contribution in [1.29, 1.82) is 0 Å². The molecule has 0 aliphatic rings. The second kappa shape index (κ2) is 6.77. The first kappa shape index (κ1) is 14.8. The second-order valence-electron chi connectivity index (χ2n) is 3.65. The van der Waals surface area contributed by atoms with Gasteiger partial charge in [-0.25, -0.2) is 0 Å². The minimum atomic E-state index is -0.0754. The summed E-state index contributed by atoms with van der Waals surface area (Å²) in [7, 11) is 0. The van der Waals surface area contributed by atoms with Crippen molar-refractivity contribution < 1.29 is 23.6 Å². The van der Waals surface area contributed by atoms with E-state index in [0.717, 1.165) is 12.8 Å². The average molecular weight is 162 g/mol. The molecule has 0 aromatic rings. The molecule has 0 heterocycles. The monoisotopic (exact) mass is 162 g/mol. The molecule has 1 unspecified atom stereocenters. The van der Waals surface area contributed by atoms with Crippen LogP contribution < -0.4 is 18.9 Å². The van der Waals surface area contributed by atoms with Gasteiger partial charge in [0.1, 0.15) is 0 Å². The van der Waals surface area contributed by atoms with Crippen LogP contribution in [0.5, 0.6) is 0 Å². The minimum Gasteiger partial charge on any atom is -0.369 e. The van der Waals surface area contributed by atoms with E-state index >= 15 is 0 Å². The van der Waals surface area contributed by atoms with E-state index in [1.54, 1.807) is 0 Å². The van der Waals surface area contributed by atoms with E-state index in [1.807, 2.05) is 26.8 Å². The first-order valence-corrected chi connectivity index (χ1v) is 4.09. The molecule has 0 rings (SSSR count). The fourth-order valence-electron chi connectivity index (χ4n) is 0.880. The standard InChI is InChI=1S/C10H19O.Li/c1-6-8-9(7-2)11-10(3,4)5;/h7,9H,1-2,6,8H2,3-5H3;/q-1;+1. The fourth-order valence-corrected chi connectivity index (χ4v) is 0.880. The van der Waals surface area contributed by atoms with E-state index < -0.39 is 0 Å². The van der Waals surface area contributed by atoms with Gasteiger partial charge in [0, 0.05) is 0 Å². The van der Waals surface area contributed by atoms with Gasteiger partial charge in [0.25, 0.3) is 0 Å². The molecular weight excluding hydrogens is 143 g/mol. The van der Waals surface area contributed by atoms with Crippen LogP contribution in [-0.2, 0) is 4.74 Å². The fraction of sp³-hybridized carbons (Fsp3) is 0.700. The summed E-state index contributed by atoms with van der Waals surface area (Å²) in [5, 5.41) is 0. The number of hydrogen-bond acceptors (Lipinski definition) is 1. The number of rotatable bonds is 4. The zero-order valence-electron chi connectivity index (χ0n) is 8.89. The summed E-state index contributed by atoms with van der Waals surface area (Å²) < 4.78 is 5.67. The SMILES string of the molecule is C=CC(CC[CH2-])OC(C)(C)C.[Li+]. The van der Waals surface area contributed by atoms with E-state index in [0.29, 0.717) is 0 Å². The van der Waals surface area contributed by atoms with Crippen LogP contribution in [0, 0.1) is 6.92 Å². The molecule has 0 aliphatic carbocycles. The molecular formula is C10H19LiO. The van der Waals surface area contributed by atoms with Crippen molar-refractivity contribution in [1.82, 2.24) is 0 Å². The summed E-state index contributed by atoms with van der Waals surface area (Å²) in [6.07, 6.45) is 3.86. The van der Waals surface area contributed by atoms with Gasteiger partial charge < -0.3 is 11.7 Å². The van der Waals surface area contributed by atoms with Crippen LogP contribution in [0.4, 0.5) is 0 Å². The quantitative estimate of drug-likeness (QED) is 0.320. The summed E-state index contributed by atoms with van der Waals surface area (Å²) in [5.41, 5.74) is -0.0754. The van der Waals surface area contributed by atoms with E-state index in [4.69, 9.17) is 4.74 Å². The second-order valence-corrected chi connectivity index (χ2v) is 3.65. The molecule has 0 saturated carbocycles. The normalized spacial score (nSPS) is 13.3. The van der Waals surface area contributed by atoms with E-state index in [2.05, 4.69) is 13.5 Å². The Bertz CT molecular complexity index is 115. The Balaban J connectivity index is 0. The number of ether oxygens (including phenoxy) is 1. The van der Waals surface area contributed by atoms with Crippen molar-refractivity contribution in [3.8, 4) is 0 Å². The van der Waals surface area contributed by atoms with Crippen molar-refractivity contribution >= 4 is 0 Å². The summed E-state index contributed by atoms with van der Waals surface area (Å²) in [6.45, 7) is 13.6. The molecule has 1 nitrogen and oxygen atoms in total. The maximum atomic E-state index is 5.67. The molecule has 12 heavy (non-hydrogen) atoms. The van der Waals surface area contributed by atoms with Gasteiger partial charge in [0.05, 0.1) is 11.7 Å². The molecule has 0 aliphatic heterocycles. The Morgan fingerprint density at radius 2 is 2.00 bits per heavy atom. The predicted molar refractivity (Wildman–Crippen MR) is 49.4 cm³/mol. The molecule has 0 fully saturated rings. The zero-order chi connectivity index (χ0) is 8.91. The van der Waals surface area contributed by atoms with Crippen LogP contribution in [0.1, 0.15) is 33.6 Å². The first-order valence-electron chi connectivity index (χ1n) is 4.09. The predicted octanol–water partition coefficient (Wildman–Crippen LogP) is -0.0256. The molecule has 0 N–H and O–H groups in total. The van der Waals surface area contributed by atoms with Crippen LogP contribution in [-0.4, -0.2) is 11.7 Å². The van der Waals surface area contributed by atoms with Crippen molar-refractivity contribution in [2.24, 2.45) is 0 Å². The van der Waals surface area contributed by atoms with Gasteiger partial charge in [-0.2, -0.15) is 6.42 Å². The van der Waals surface area contributed by atoms with Gasteiger partial charge >= 0.3 is 18.9 Å². The molecule has 0 aromatic carbocycles. The molecule has 0 radical (unpaired) electrons. The molecule has 0 spiro atoms. The third-order valence-electron chi connectivity index (χ3n) is 1.26. The smallest absolute Gasteiger partial charge is 0.369 e. The van der Waals surface area contributed by atoms with Gasteiger partial charge in [-0.1, -0.05) is 12.5 Å². The van der Waals surface area contributed by atoms with Crippen LogP contribution >= 0.6 is 0 Å². The van der Waals surface area contributed by atoms with Crippen molar-refractivity contribution in [3.63, 3.8) is 0 Å². The van der Waals surface area contributed by atoms with Crippen molar-refractivity contribution in [2.75, 3.05) is 0 Å². The van der Waals surface area contributed by atoms with Gasteiger partial charge in [-0.15, -0.1) is 6.58 Å². The zero-order valence-corrected chi connectivity index (χ0v) is 8.89. The largest absolute Gasteiger partial charge is 1.00 e. The van der Waals surface area contributed by atoms with Crippen LogP contribution in [0.25, 0.3) is 0 Å². The van der Waals surface area contributed by atoms with E-state index in [9.17, 15) is 0 Å². The van der Waals surface area contributed by atoms with Gasteiger partial charge in [0.2, 0.25) is 0 Å². The molecule has 0 bridgehead atoms. The average Bonchev–Trinajstić information content (AvgIpc) is 1.84. The van der Waals surface area contributed by atoms with E-state index in [-0.39, 0.29) is 30.6 Å². The van der Waals surface area contributed by atoms with Crippen molar-refractivity contribution in [3.05, 3.63) is 19.6 Å². The Hall–Kier alpha value is 0.297. The first-order chi connectivity index (χ1) is 4.99. The van der Waals surface area contributed by atoms with Crippen LogP contribution in [0.3, 0.4) is 0 Å².